The lowest BCUT2D eigenvalue weighted by atomic mass is 9.76. The number of likely N-dealkylation sites (tertiary alicyclic amines) is 1. The van der Waals surface area contributed by atoms with Crippen molar-refractivity contribution in [1.82, 2.24) is 4.90 Å². The smallest absolute Gasteiger partial charge is 0.303 e. The highest BCUT2D eigenvalue weighted by Crippen LogP contribution is 2.33. The van der Waals surface area contributed by atoms with Crippen LogP contribution in [0.15, 0.2) is 0 Å². The van der Waals surface area contributed by atoms with Gasteiger partial charge in [0.2, 0.25) is 0 Å². The van der Waals surface area contributed by atoms with Gasteiger partial charge in [-0.15, -0.1) is 0 Å². The summed E-state index contributed by atoms with van der Waals surface area (Å²) in [6.45, 7) is 12.7. The predicted octanol–water partition coefficient (Wildman–Crippen LogP) is 3.25. The van der Waals surface area contributed by atoms with E-state index in [2.05, 4.69) is 32.6 Å². The Balaban J connectivity index is 2.15. The summed E-state index contributed by atoms with van der Waals surface area (Å²) in [7, 11) is 0. The fraction of sp³-hybridized carbons (Fsp3) is 0.933. The van der Waals surface area contributed by atoms with Crippen molar-refractivity contribution in [2.75, 3.05) is 19.6 Å². The Morgan fingerprint density at radius 2 is 1.94 bits per heavy atom. The van der Waals surface area contributed by atoms with Gasteiger partial charge < -0.3 is 10.0 Å². The maximum Gasteiger partial charge on any atom is 0.303 e. The van der Waals surface area contributed by atoms with Crippen molar-refractivity contribution in [2.45, 2.75) is 53.4 Å². The lowest BCUT2D eigenvalue weighted by molar-refractivity contribution is -0.137. The molecule has 0 bridgehead atoms. The highest BCUT2D eigenvalue weighted by molar-refractivity contribution is 5.66. The minimum Gasteiger partial charge on any atom is -0.481 e. The Morgan fingerprint density at radius 3 is 2.39 bits per heavy atom. The molecule has 1 aliphatic rings. The summed E-state index contributed by atoms with van der Waals surface area (Å²) < 4.78 is 0. The fourth-order valence-corrected chi connectivity index (χ4v) is 2.55. The molecular formula is C15H29NO2. The van der Waals surface area contributed by atoms with E-state index in [-0.39, 0.29) is 0 Å². The Hall–Kier alpha value is -0.570. The van der Waals surface area contributed by atoms with E-state index >= 15 is 0 Å². The van der Waals surface area contributed by atoms with Crippen LogP contribution in [0.1, 0.15) is 53.4 Å². The Morgan fingerprint density at radius 1 is 1.33 bits per heavy atom. The first-order valence-corrected chi connectivity index (χ1v) is 7.27. The van der Waals surface area contributed by atoms with Gasteiger partial charge in [-0.2, -0.15) is 0 Å². The van der Waals surface area contributed by atoms with Gasteiger partial charge in [0.25, 0.3) is 0 Å². The van der Waals surface area contributed by atoms with Crippen molar-refractivity contribution in [3.63, 3.8) is 0 Å². The topological polar surface area (TPSA) is 40.5 Å². The molecule has 1 rings (SSSR count). The molecule has 0 aromatic rings. The third-order valence-electron chi connectivity index (χ3n) is 4.38. The van der Waals surface area contributed by atoms with E-state index in [1.54, 1.807) is 0 Å². The molecule has 18 heavy (non-hydrogen) atoms. The third kappa shape index (κ3) is 4.97. The maximum atomic E-state index is 10.6. The summed E-state index contributed by atoms with van der Waals surface area (Å²) >= 11 is 0. The van der Waals surface area contributed by atoms with Crippen LogP contribution in [0, 0.1) is 17.3 Å². The van der Waals surface area contributed by atoms with E-state index in [4.69, 9.17) is 5.11 Å². The minimum absolute atomic E-state index is 0.323. The zero-order valence-electron chi connectivity index (χ0n) is 12.4. The number of hydrogen-bond acceptors (Lipinski definition) is 2. The zero-order valence-corrected chi connectivity index (χ0v) is 12.4. The van der Waals surface area contributed by atoms with E-state index < -0.39 is 5.97 Å². The normalized spacial score (nSPS) is 19.6. The second-order valence-corrected chi connectivity index (χ2v) is 6.82. The van der Waals surface area contributed by atoms with E-state index in [0.29, 0.717) is 17.8 Å². The standard InChI is InChI=1S/C15H29NO2/c1-5-12(6-7-14(17)18)8-9-16-10-13(11-16)15(2,3)4/h12-13H,5-11H2,1-4H3,(H,17,18). The molecule has 1 aliphatic heterocycles. The summed E-state index contributed by atoms with van der Waals surface area (Å²) in [5.41, 5.74) is 0.434. The first-order chi connectivity index (χ1) is 8.32. The highest BCUT2D eigenvalue weighted by Gasteiger charge is 2.35. The molecule has 0 aromatic heterocycles. The molecule has 1 N–H and O–H groups in total. The highest BCUT2D eigenvalue weighted by atomic mass is 16.4. The van der Waals surface area contributed by atoms with Crippen molar-refractivity contribution in [1.29, 1.82) is 0 Å². The number of nitrogens with zero attached hydrogens (tertiary/aromatic N) is 1. The lowest BCUT2D eigenvalue weighted by Gasteiger charge is -2.46. The van der Waals surface area contributed by atoms with Gasteiger partial charge in [-0.3, -0.25) is 4.79 Å². The van der Waals surface area contributed by atoms with Crippen LogP contribution in [0.5, 0.6) is 0 Å². The summed E-state index contributed by atoms with van der Waals surface area (Å²) in [4.78, 5) is 13.1. The zero-order chi connectivity index (χ0) is 13.8. The number of carboxylic acid groups (broad SMARTS) is 1. The van der Waals surface area contributed by atoms with Crippen molar-refractivity contribution in [3.8, 4) is 0 Å². The minimum atomic E-state index is -0.662. The molecule has 0 aliphatic carbocycles. The largest absolute Gasteiger partial charge is 0.481 e. The summed E-state index contributed by atoms with van der Waals surface area (Å²) in [5.74, 6) is 0.747. The molecule has 0 amide bonds. The molecule has 1 heterocycles. The van der Waals surface area contributed by atoms with Crippen LogP contribution in [0.25, 0.3) is 0 Å². The van der Waals surface area contributed by atoms with Crippen molar-refractivity contribution < 1.29 is 9.90 Å². The maximum absolute atomic E-state index is 10.6. The molecule has 3 nitrogen and oxygen atoms in total. The van der Waals surface area contributed by atoms with Gasteiger partial charge in [0.15, 0.2) is 0 Å². The van der Waals surface area contributed by atoms with Crippen molar-refractivity contribution in [3.05, 3.63) is 0 Å². The van der Waals surface area contributed by atoms with Gasteiger partial charge in [0.05, 0.1) is 0 Å². The molecule has 1 atom stereocenters. The van der Waals surface area contributed by atoms with Gasteiger partial charge in [-0.05, 0) is 36.6 Å². The van der Waals surface area contributed by atoms with Crippen LogP contribution in [-0.2, 0) is 4.79 Å². The lowest BCUT2D eigenvalue weighted by Crippen LogP contribution is -2.52. The average molecular weight is 255 g/mol. The molecule has 1 unspecified atom stereocenters. The molecule has 1 saturated heterocycles. The first-order valence-electron chi connectivity index (χ1n) is 7.27. The van der Waals surface area contributed by atoms with Crippen LogP contribution in [0.4, 0.5) is 0 Å². The van der Waals surface area contributed by atoms with Crippen molar-refractivity contribution >= 4 is 5.97 Å². The van der Waals surface area contributed by atoms with Gasteiger partial charge >= 0.3 is 5.97 Å². The summed E-state index contributed by atoms with van der Waals surface area (Å²) in [6, 6.07) is 0. The van der Waals surface area contributed by atoms with Crippen LogP contribution in [0.3, 0.4) is 0 Å². The molecule has 106 valence electrons. The van der Waals surface area contributed by atoms with Gasteiger partial charge in [0, 0.05) is 19.5 Å². The van der Waals surface area contributed by atoms with Crippen LogP contribution in [-0.4, -0.2) is 35.6 Å². The second kappa shape index (κ2) is 6.55. The SMILES string of the molecule is CCC(CCC(=O)O)CCN1CC(C(C)(C)C)C1. The Labute approximate surface area is 112 Å². The Bertz CT molecular complexity index is 264. The van der Waals surface area contributed by atoms with Gasteiger partial charge in [0.1, 0.15) is 0 Å². The number of rotatable bonds is 7. The average Bonchev–Trinajstić information content (AvgIpc) is 2.17. The number of hydrogen-bond donors (Lipinski definition) is 1. The third-order valence-corrected chi connectivity index (χ3v) is 4.38. The summed E-state index contributed by atoms with van der Waals surface area (Å²) in [6.07, 6.45) is 3.41. The monoisotopic (exact) mass is 255 g/mol. The van der Waals surface area contributed by atoms with Crippen LogP contribution < -0.4 is 0 Å². The van der Waals surface area contributed by atoms with E-state index in [1.165, 1.54) is 13.1 Å². The molecule has 0 radical (unpaired) electrons. The van der Waals surface area contributed by atoms with Crippen LogP contribution >= 0.6 is 0 Å². The molecular weight excluding hydrogens is 226 g/mol. The molecule has 0 saturated carbocycles. The van der Waals surface area contributed by atoms with Crippen molar-refractivity contribution in [2.24, 2.45) is 17.3 Å². The Kier molecular flexibility index (Phi) is 5.64. The van der Waals surface area contributed by atoms with E-state index in [9.17, 15) is 4.79 Å². The number of carboxylic acids is 1. The first kappa shape index (κ1) is 15.5. The number of carbonyl (C=O) groups is 1. The number of aliphatic carboxylic acids is 1. The molecule has 0 spiro atoms. The molecule has 3 heteroatoms. The predicted molar refractivity (Wildman–Crippen MR) is 74.7 cm³/mol. The molecule has 1 fully saturated rings. The molecule has 0 aromatic carbocycles. The fourth-order valence-electron chi connectivity index (χ4n) is 2.55. The van der Waals surface area contributed by atoms with Gasteiger partial charge in [-0.1, -0.05) is 34.1 Å². The second-order valence-electron chi connectivity index (χ2n) is 6.82. The quantitative estimate of drug-likeness (QED) is 0.759. The van der Waals surface area contributed by atoms with E-state index in [1.807, 2.05) is 0 Å². The van der Waals surface area contributed by atoms with Gasteiger partial charge in [-0.25, -0.2) is 0 Å². The van der Waals surface area contributed by atoms with E-state index in [0.717, 1.165) is 31.7 Å². The van der Waals surface area contributed by atoms with Crippen LogP contribution in [0.2, 0.25) is 0 Å². The summed E-state index contributed by atoms with van der Waals surface area (Å²) in [5, 5.41) is 8.71.